The Bertz CT molecular complexity index is 382. The van der Waals surface area contributed by atoms with Gasteiger partial charge in [0.1, 0.15) is 0 Å². The second-order valence-corrected chi connectivity index (χ2v) is 5.10. The Balaban J connectivity index is 0.000000357. The fourth-order valence-electron chi connectivity index (χ4n) is 1.83. The highest BCUT2D eigenvalue weighted by Gasteiger charge is 2.40. The molecule has 1 aromatic rings. The fourth-order valence-corrected chi connectivity index (χ4v) is 1.83. The lowest BCUT2D eigenvalue weighted by atomic mass is 9.87. The molecular weight excluding hydrogens is 232 g/mol. The molecule has 1 aliphatic rings. The zero-order valence-corrected chi connectivity index (χ0v) is 11.0. The van der Waals surface area contributed by atoms with Gasteiger partial charge in [-0.05, 0) is 12.0 Å². The normalized spacial score (nSPS) is 25.1. The van der Waals surface area contributed by atoms with Crippen LogP contribution in [0, 0.1) is 5.41 Å². The SMILES string of the molecule is CC(=O)O.CC1(C)CC(c2ccccc2)OC1O. The van der Waals surface area contributed by atoms with E-state index in [-0.39, 0.29) is 11.5 Å². The minimum Gasteiger partial charge on any atom is -0.481 e. The lowest BCUT2D eigenvalue weighted by Crippen LogP contribution is -2.23. The van der Waals surface area contributed by atoms with Crippen molar-refractivity contribution in [2.45, 2.75) is 39.6 Å². The van der Waals surface area contributed by atoms with Gasteiger partial charge in [0.15, 0.2) is 6.29 Å². The van der Waals surface area contributed by atoms with Gasteiger partial charge in [-0.1, -0.05) is 44.2 Å². The van der Waals surface area contributed by atoms with Crippen molar-refractivity contribution in [1.29, 1.82) is 0 Å². The molecule has 4 nitrogen and oxygen atoms in total. The molecule has 0 amide bonds. The Hall–Kier alpha value is -1.39. The topological polar surface area (TPSA) is 66.8 Å². The number of hydrogen-bond donors (Lipinski definition) is 2. The Labute approximate surface area is 107 Å². The van der Waals surface area contributed by atoms with Crippen LogP contribution in [0.1, 0.15) is 38.9 Å². The third kappa shape index (κ3) is 4.13. The average Bonchev–Trinajstić information content (AvgIpc) is 2.54. The molecule has 0 saturated carbocycles. The first-order chi connectivity index (χ1) is 8.33. The molecule has 1 aromatic carbocycles. The van der Waals surface area contributed by atoms with Gasteiger partial charge < -0.3 is 14.9 Å². The van der Waals surface area contributed by atoms with E-state index in [1.54, 1.807) is 0 Å². The maximum Gasteiger partial charge on any atom is 0.300 e. The molecule has 0 radical (unpaired) electrons. The van der Waals surface area contributed by atoms with Gasteiger partial charge in [0.05, 0.1) is 6.10 Å². The van der Waals surface area contributed by atoms with E-state index in [4.69, 9.17) is 14.6 Å². The second kappa shape index (κ2) is 5.98. The molecule has 0 aliphatic carbocycles. The average molecular weight is 252 g/mol. The van der Waals surface area contributed by atoms with Gasteiger partial charge in [0, 0.05) is 12.3 Å². The number of hydrogen-bond acceptors (Lipinski definition) is 3. The molecule has 1 heterocycles. The fraction of sp³-hybridized carbons (Fsp3) is 0.500. The molecule has 2 rings (SSSR count). The minimum atomic E-state index is -0.833. The standard InChI is InChI=1S/C12H16O2.C2H4O2/c1-12(2)8-10(14-11(12)13)9-6-4-3-5-7-9;1-2(3)4/h3-7,10-11,13H,8H2,1-2H3;1H3,(H,3,4). The lowest BCUT2D eigenvalue weighted by Gasteiger charge is -2.18. The first-order valence-corrected chi connectivity index (χ1v) is 5.91. The highest BCUT2D eigenvalue weighted by molar-refractivity contribution is 5.62. The number of rotatable bonds is 1. The van der Waals surface area contributed by atoms with Crippen molar-refractivity contribution in [2.75, 3.05) is 0 Å². The summed E-state index contributed by atoms with van der Waals surface area (Å²) in [7, 11) is 0. The van der Waals surface area contributed by atoms with Crippen molar-refractivity contribution in [3.8, 4) is 0 Å². The summed E-state index contributed by atoms with van der Waals surface area (Å²) in [5, 5.41) is 17.1. The van der Waals surface area contributed by atoms with Crippen LogP contribution in [0.5, 0.6) is 0 Å². The third-order valence-electron chi connectivity index (χ3n) is 2.84. The number of carbonyl (C=O) groups is 1. The van der Waals surface area contributed by atoms with E-state index in [2.05, 4.69) is 0 Å². The van der Waals surface area contributed by atoms with Crippen molar-refractivity contribution in [2.24, 2.45) is 5.41 Å². The maximum atomic E-state index is 9.67. The lowest BCUT2D eigenvalue weighted by molar-refractivity contribution is -0.134. The molecule has 2 N–H and O–H groups in total. The van der Waals surface area contributed by atoms with Crippen LogP contribution in [-0.2, 0) is 9.53 Å². The summed E-state index contributed by atoms with van der Waals surface area (Å²) in [6, 6.07) is 10.1. The van der Waals surface area contributed by atoms with Gasteiger partial charge >= 0.3 is 0 Å². The number of benzene rings is 1. The first kappa shape index (κ1) is 14.7. The molecule has 1 fully saturated rings. The number of aliphatic hydroxyl groups is 1. The third-order valence-corrected chi connectivity index (χ3v) is 2.84. The van der Waals surface area contributed by atoms with E-state index in [1.807, 2.05) is 44.2 Å². The number of carboxylic acid groups (broad SMARTS) is 1. The molecule has 2 unspecified atom stereocenters. The highest BCUT2D eigenvalue weighted by atomic mass is 16.6. The van der Waals surface area contributed by atoms with Gasteiger partial charge in [-0.3, -0.25) is 4.79 Å². The first-order valence-electron chi connectivity index (χ1n) is 5.91. The molecule has 0 bridgehead atoms. The van der Waals surface area contributed by atoms with Gasteiger partial charge in [-0.15, -0.1) is 0 Å². The maximum absolute atomic E-state index is 9.67. The van der Waals surface area contributed by atoms with E-state index in [1.165, 1.54) is 0 Å². The summed E-state index contributed by atoms with van der Waals surface area (Å²) in [6.45, 7) is 5.14. The zero-order valence-electron chi connectivity index (χ0n) is 11.0. The predicted molar refractivity (Wildman–Crippen MR) is 68.0 cm³/mol. The zero-order chi connectivity index (χ0) is 13.8. The molecule has 4 heteroatoms. The molecule has 100 valence electrons. The van der Waals surface area contributed by atoms with E-state index >= 15 is 0 Å². The Morgan fingerprint density at radius 3 is 2.22 bits per heavy atom. The summed E-state index contributed by atoms with van der Waals surface area (Å²) in [6.07, 6.45) is 0.270. The molecule has 1 aliphatic heterocycles. The minimum absolute atomic E-state index is 0.0428. The van der Waals surface area contributed by atoms with Crippen LogP contribution in [0.3, 0.4) is 0 Å². The van der Waals surface area contributed by atoms with E-state index in [0.29, 0.717) is 0 Å². The molecule has 0 spiro atoms. The van der Waals surface area contributed by atoms with E-state index < -0.39 is 12.3 Å². The largest absolute Gasteiger partial charge is 0.481 e. The van der Waals surface area contributed by atoms with Crippen LogP contribution in [0.2, 0.25) is 0 Å². The quantitative estimate of drug-likeness (QED) is 0.806. The van der Waals surface area contributed by atoms with Crippen molar-refractivity contribution < 1.29 is 19.7 Å². The van der Waals surface area contributed by atoms with Gasteiger partial charge in [0.2, 0.25) is 0 Å². The van der Waals surface area contributed by atoms with Crippen molar-refractivity contribution in [1.82, 2.24) is 0 Å². The number of ether oxygens (including phenoxy) is 1. The van der Waals surface area contributed by atoms with Crippen LogP contribution in [0.4, 0.5) is 0 Å². The molecule has 2 atom stereocenters. The van der Waals surface area contributed by atoms with Gasteiger partial charge in [-0.2, -0.15) is 0 Å². The summed E-state index contributed by atoms with van der Waals surface area (Å²) in [5.41, 5.74) is 1.01. The van der Waals surface area contributed by atoms with Gasteiger partial charge in [0.25, 0.3) is 5.97 Å². The molecule has 0 aromatic heterocycles. The smallest absolute Gasteiger partial charge is 0.300 e. The second-order valence-electron chi connectivity index (χ2n) is 5.10. The Morgan fingerprint density at radius 1 is 1.33 bits per heavy atom. The monoisotopic (exact) mass is 252 g/mol. The molecular formula is C14H20O4. The summed E-state index contributed by atoms with van der Waals surface area (Å²) in [4.78, 5) is 9.00. The van der Waals surface area contributed by atoms with Crippen molar-refractivity contribution in [3.63, 3.8) is 0 Å². The van der Waals surface area contributed by atoms with Crippen LogP contribution in [0.25, 0.3) is 0 Å². The summed E-state index contributed by atoms with van der Waals surface area (Å²) >= 11 is 0. The van der Waals surface area contributed by atoms with Crippen molar-refractivity contribution >= 4 is 5.97 Å². The van der Waals surface area contributed by atoms with Crippen molar-refractivity contribution in [3.05, 3.63) is 35.9 Å². The van der Waals surface area contributed by atoms with Crippen LogP contribution < -0.4 is 0 Å². The van der Waals surface area contributed by atoms with Gasteiger partial charge in [-0.25, -0.2) is 0 Å². The summed E-state index contributed by atoms with van der Waals surface area (Å²) in [5.74, 6) is -0.833. The summed E-state index contributed by atoms with van der Waals surface area (Å²) < 4.78 is 5.52. The highest BCUT2D eigenvalue weighted by Crippen LogP contribution is 2.43. The van der Waals surface area contributed by atoms with Crippen LogP contribution in [-0.4, -0.2) is 22.5 Å². The number of aliphatic hydroxyl groups excluding tert-OH is 1. The molecule has 1 saturated heterocycles. The molecule has 18 heavy (non-hydrogen) atoms. The number of carboxylic acids is 1. The van der Waals surface area contributed by atoms with Crippen LogP contribution in [0.15, 0.2) is 30.3 Å². The number of aliphatic carboxylic acids is 1. The van der Waals surface area contributed by atoms with E-state index in [0.717, 1.165) is 18.9 Å². The van der Waals surface area contributed by atoms with E-state index in [9.17, 15) is 5.11 Å². The van der Waals surface area contributed by atoms with Crippen LogP contribution >= 0.6 is 0 Å². The predicted octanol–water partition coefficient (Wildman–Crippen LogP) is 2.58. The Morgan fingerprint density at radius 2 is 1.83 bits per heavy atom. The Kier molecular flexibility index (Phi) is 4.87.